The van der Waals surface area contributed by atoms with Crippen molar-refractivity contribution < 1.29 is 18.0 Å². The van der Waals surface area contributed by atoms with Gasteiger partial charge in [-0.25, -0.2) is 8.42 Å². The molecule has 0 radical (unpaired) electrons. The molecular formula is C25H24BrCl2N3O4S. The van der Waals surface area contributed by atoms with Crippen molar-refractivity contribution in [2.24, 2.45) is 0 Å². The number of nitrogens with zero attached hydrogens (tertiary/aromatic N) is 2. The van der Waals surface area contributed by atoms with E-state index in [0.29, 0.717) is 0 Å². The van der Waals surface area contributed by atoms with Crippen LogP contribution < -0.4 is 9.62 Å². The van der Waals surface area contributed by atoms with Gasteiger partial charge in [-0.3, -0.25) is 13.9 Å². The minimum atomic E-state index is -4.22. The first-order chi connectivity index (χ1) is 17.1. The average Bonchev–Trinajstić information content (AvgIpc) is 2.88. The van der Waals surface area contributed by atoms with Crippen molar-refractivity contribution in [1.29, 1.82) is 0 Å². The molecule has 0 bridgehead atoms. The number of rotatable bonds is 9. The number of halogens is 3. The predicted molar refractivity (Wildman–Crippen MR) is 146 cm³/mol. The maximum absolute atomic E-state index is 13.7. The van der Waals surface area contributed by atoms with Crippen molar-refractivity contribution in [2.75, 3.05) is 17.9 Å². The summed E-state index contributed by atoms with van der Waals surface area (Å²) in [5.41, 5.74) is 0.818. The van der Waals surface area contributed by atoms with Crippen LogP contribution in [0.2, 0.25) is 10.0 Å². The van der Waals surface area contributed by atoms with E-state index < -0.39 is 34.4 Å². The van der Waals surface area contributed by atoms with Gasteiger partial charge in [-0.1, -0.05) is 75.5 Å². The summed E-state index contributed by atoms with van der Waals surface area (Å²) in [6.45, 7) is 1.07. The minimum Gasteiger partial charge on any atom is -0.357 e. The third-order valence-corrected chi connectivity index (χ3v) is 8.60. The van der Waals surface area contributed by atoms with Crippen molar-refractivity contribution in [1.82, 2.24) is 10.2 Å². The zero-order valence-corrected chi connectivity index (χ0v) is 23.4. The number of sulfonamides is 1. The van der Waals surface area contributed by atoms with Crippen molar-refractivity contribution in [3.05, 3.63) is 92.9 Å². The second-order valence-corrected chi connectivity index (χ2v) is 11.4. The van der Waals surface area contributed by atoms with Gasteiger partial charge >= 0.3 is 0 Å². The molecule has 36 heavy (non-hydrogen) atoms. The molecule has 0 aliphatic carbocycles. The predicted octanol–water partition coefficient (Wildman–Crippen LogP) is 5.11. The smallest absolute Gasteiger partial charge is 0.264 e. The second-order valence-electron chi connectivity index (χ2n) is 7.84. The van der Waals surface area contributed by atoms with Crippen molar-refractivity contribution in [2.45, 2.75) is 24.4 Å². The normalized spacial score (nSPS) is 12.0. The zero-order chi connectivity index (χ0) is 26.5. The van der Waals surface area contributed by atoms with Crippen LogP contribution in [0, 0.1) is 0 Å². The Morgan fingerprint density at radius 3 is 2.22 bits per heavy atom. The highest BCUT2D eigenvalue weighted by Gasteiger charge is 2.33. The van der Waals surface area contributed by atoms with E-state index in [-0.39, 0.29) is 27.2 Å². The van der Waals surface area contributed by atoms with E-state index in [0.717, 1.165) is 14.3 Å². The molecule has 0 saturated carbocycles. The lowest BCUT2D eigenvalue weighted by Gasteiger charge is -2.32. The number of hydrogen-bond acceptors (Lipinski definition) is 4. The summed E-state index contributed by atoms with van der Waals surface area (Å²) in [7, 11) is -2.74. The molecule has 7 nitrogen and oxygen atoms in total. The SMILES string of the molecule is CNC(=O)C(C)N(Cc1ccc(Br)cc1)C(=O)CN(c1cccc(Cl)c1Cl)S(=O)(=O)c1ccccc1. The van der Waals surface area contributed by atoms with Gasteiger partial charge in [0.15, 0.2) is 0 Å². The second kappa shape index (κ2) is 12.1. The third kappa shape index (κ3) is 6.39. The number of likely N-dealkylation sites (N-methyl/N-ethyl adjacent to an activating group) is 1. The van der Waals surface area contributed by atoms with E-state index in [2.05, 4.69) is 21.2 Å². The summed E-state index contributed by atoms with van der Waals surface area (Å²) in [5, 5.41) is 2.67. The number of carbonyl (C=O) groups is 2. The van der Waals surface area contributed by atoms with Crippen LogP contribution >= 0.6 is 39.1 Å². The van der Waals surface area contributed by atoms with E-state index in [9.17, 15) is 18.0 Å². The fourth-order valence-corrected chi connectivity index (χ4v) is 5.66. The maximum Gasteiger partial charge on any atom is 0.264 e. The van der Waals surface area contributed by atoms with Crippen LogP contribution in [0.1, 0.15) is 12.5 Å². The molecule has 2 amide bonds. The van der Waals surface area contributed by atoms with Crippen molar-refractivity contribution in [3.63, 3.8) is 0 Å². The van der Waals surface area contributed by atoms with Crippen LogP contribution in [-0.4, -0.2) is 44.8 Å². The Hall–Kier alpha value is -2.59. The lowest BCUT2D eigenvalue weighted by Crippen LogP contribution is -2.50. The standard InChI is InChI=1S/C25H24BrCl2N3O4S/c1-17(25(33)29-2)30(15-18-11-13-19(26)14-12-18)23(32)16-31(22-10-6-9-21(27)24(22)28)36(34,35)20-7-4-3-5-8-20/h3-14,17H,15-16H2,1-2H3,(H,29,33). The molecule has 0 aliphatic heterocycles. The Morgan fingerprint density at radius 2 is 1.61 bits per heavy atom. The molecular weight excluding hydrogens is 589 g/mol. The molecule has 0 spiro atoms. The van der Waals surface area contributed by atoms with E-state index in [1.54, 1.807) is 31.2 Å². The number of nitrogens with one attached hydrogen (secondary N) is 1. The summed E-state index contributed by atoms with van der Waals surface area (Å²) in [6, 6.07) is 18.7. The Morgan fingerprint density at radius 1 is 0.972 bits per heavy atom. The molecule has 1 atom stereocenters. The summed E-state index contributed by atoms with van der Waals surface area (Å²) < 4.78 is 29.1. The summed E-state index contributed by atoms with van der Waals surface area (Å²) >= 11 is 15.9. The molecule has 3 aromatic rings. The van der Waals surface area contributed by atoms with Crippen molar-refractivity contribution >= 4 is 66.7 Å². The van der Waals surface area contributed by atoms with Gasteiger partial charge in [0.05, 0.1) is 20.6 Å². The first-order valence-electron chi connectivity index (χ1n) is 10.8. The topological polar surface area (TPSA) is 86.8 Å². The quantitative estimate of drug-likeness (QED) is 0.364. The summed E-state index contributed by atoms with van der Waals surface area (Å²) in [6.07, 6.45) is 0. The first-order valence-corrected chi connectivity index (χ1v) is 13.8. The lowest BCUT2D eigenvalue weighted by molar-refractivity contribution is -0.139. The Kier molecular flexibility index (Phi) is 9.41. The number of amides is 2. The highest BCUT2D eigenvalue weighted by molar-refractivity contribution is 9.10. The van der Waals surface area contributed by atoms with Gasteiger partial charge in [-0.05, 0) is 48.9 Å². The zero-order valence-electron chi connectivity index (χ0n) is 19.5. The Balaban J connectivity index is 2.06. The van der Waals surface area contributed by atoms with Gasteiger partial charge in [0.25, 0.3) is 10.0 Å². The number of hydrogen-bond donors (Lipinski definition) is 1. The summed E-state index contributed by atoms with van der Waals surface area (Å²) in [4.78, 5) is 27.5. The van der Waals surface area contributed by atoms with E-state index in [4.69, 9.17) is 23.2 Å². The lowest BCUT2D eigenvalue weighted by atomic mass is 10.1. The van der Waals surface area contributed by atoms with Gasteiger partial charge in [0.1, 0.15) is 12.6 Å². The van der Waals surface area contributed by atoms with Gasteiger partial charge in [0.2, 0.25) is 11.8 Å². The maximum atomic E-state index is 13.7. The van der Waals surface area contributed by atoms with Gasteiger partial charge in [-0.2, -0.15) is 0 Å². The number of benzene rings is 3. The minimum absolute atomic E-state index is 0.00900. The Bertz CT molecular complexity index is 1340. The van der Waals surface area contributed by atoms with E-state index in [1.165, 1.54) is 36.2 Å². The van der Waals surface area contributed by atoms with Crippen LogP contribution in [0.15, 0.2) is 82.2 Å². The monoisotopic (exact) mass is 611 g/mol. The molecule has 0 heterocycles. The van der Waals surface area contributed by atoms with E-state index >= 15 is 0 Å². The van der Waals surface area contributed by atoms with Crippen LogP contribution in [-0.2, 0) is 26.2 Å². The van der Waals surface area contributed by atoms with Gasteiger partial charge in [0, 0.05) is 18.1 Å². The molecule has 0 saturated heterocycles. The third-order valence-electron chi connectivity index (χ3n) is 5.49. The molecule has 0 aromatic heterocycles. The van der Waals surface area contributed by atoms with Crippen LogP contribution in [0.4, 0.5) is 5.69 Å². The van der Waals surface area contributed by atoms with E-state index in [1.807, 2.05) is 24.3 Å². The molecule has 1 N–H and O–H groups in total. The van der Waals surface area contributed by atoms with Crippen molar-refractivity contribution in [3.8, 4) is 0 Å². The molecule has 0 fully saturated rings. The highest BCUT2D eigenvalue weighted by Crippen LogP contribution is 2.35. The summed E-state index contributed by atoms with van der Waals surface area (Å²) in [5.74, 6) is -0.983. The van der Waals surface area contributed by atoms with Crippen LogP contribution in [0.25, 0.3) is 0 Å². The van der Waals surface area contributed by atoms with Crippen LogP contribution in [0.5, 0.6) is 0 Å². The highest BCUT2D eigenvalue weighted by atomic mass is 79.9. The molecule has 190 valence electrons. The number of anilines is 1. The first kappa shape index (κ1) is 28.0. The molecule has 3 rings (SSSR count). The molecule has 3 aromatic carbocycles. The molecule has 1 unspecified atom stereocenters. The molecule has 0 aliphatic rings. The van der Waals surface area contributed by atoms with Gasteiger partial charge in [-0.15, -0.1) is 0 Å². The fourth-order valence-electron chi connectivity index (χ4n) is 3.50. The fraction of sp³-hybridized carbons (Fsp3) is 0.200. The largest absolute Gasteiger partial charge is 0.357 e. The van der Waals surface area contributed by atoms with Gasteiger partial charge < -0.3 is 10.2 Å². The number of carbonyl (C=O) groups excluding carboxylic acids is 2. The average molecular weight is 613 g/mol. The van der Waals surface area contributed by atoms with Crippen LogP contribution in [0.3, 0.4) is 0 Å². The molecule has 11 heteroatoms. The Labute approximate surface area is 229 Å².